The number of hydrogen-bond acceptors (Lipinski definition) is 2. The molecular weight excluding hydrogens is 261 g/mol. The quantitative estimate of drug-likeness (QED) is 0.885. The Morgan fingerprint density at radius 1 is 1.26 bits per heavy atom. The van der Waals surface area contributed by atoms with Gasteiger partial charge in [0.2, 0.25) is 5.91 Å². The number of rotatable bonds is 3. The molecule has 0 radical (unpaired) electrons. The predicted octanol–water partition coefficient (Wildman–Crippen LogP) is 2.00. The largest absolute Gasteiger partial charge is 0.471 e. The van der Waals surface area contributed by atoms with Gasteiger partial charge in [-0.1, -0.05) is 12.1 Å². The number of benzene rings is 1. The van der Waals surface area contributed by atoms with E-state index in [1.807, 2.05) is 13.0 Å². The van der Waals surface area contributed by atoms with Gasteiger partial charge in [-0.15, -0.1) is 0 Å². The summed E-state index contributed by atoms with van der Waals surface area (Å²) < 4.78 is 36.0. The Kier molecular flexibility index (Phi) is 4.52. The summed E-state index contributed by atoms with van der Waals surface area (Å²) in [6.45, 7) is 2.99. The van der Waals surface area contributed by atoms with E-state index in [1.165, 1.54) is 6.92 Å². The van der Waals surface area contributed by atoms with Gasteiger partial charge in [-0.05, 0) is 31.5 Å². The summed E-state index contributed by atoms with van der Waals surface area (Å²) in [4.78, 5) is 22.3. The average molecular weight is 274 g/mol. The van der Waals surface area contributed by atoms with Crippen molar-refractivity contribution in [3.8, 4) is 0 Å². The van der Waals surface area contributed by atoms with Crippen LogP contribution in [0, 0.1) is 6.92 Å². The molecule has 1 rings (SSSR count). The Bertz CT molecular complexity index is 486. The number of aryl methyl sites for hydroxylation is 1. The maximum atomic E-state index is 12.0. The lowest BCUT2D eigenvalue weighted by Gasteiger charge is -2.15. The Morgan fingerprint density at radius 2 is 1.89 bits per heavy atom. The molecule has 2 N–H and O–H groups in total. The van der Waals surface area contributed by atoms with Crippen molar-refractivity contribution in [1.82, 2.24) is 5.32 Å². The number of amides is 2. The van der Waals surface area contributed by atoms with E-state index < -0.39 is 24.0 Å². The fourth-order valence-electron chi connectivity index (χ4n) is 1.32. The van der Waals surface area contributed by atoms with Gasteiger partial charge < -0.3 is 10.6 Å². The van der Waals surface area contributed by atoms with Crippen molar-refractivity contribution in [3.63, 3.8) is 0 Å². The maximum absolute atomic E-state index is 12.0. The van der Waals surface area contributed by atoms with Crippen molar-refractivity contribution in [2.75, 3.05) is 5.32 Å². The highest BCUT2D eigenvalue weighted by Gasteiger charge is 2.39. The summed E-state index contributed by atoms with van der Waals surface area (Å²) in [5.74, 6) is -2.86. The van der Waals surface area contributed by atoms with E-state index in [1.54, 1.807) is 23.5 Å². The molecule has 0 heterocycles. The minimum atomic E-state index is -5.00. The highest BCUT2D eigenvalue weighted by atomic mass is 19.4. The minimum Gasteiger partial charge on any atom is -0.337 e. The average Bonchev–Trinajstić information content (AvgIpc) is 2.27. The molecule has 0 fully saturated rings. The summed E-state index contributed by atoms with van der Waals surface area (Å²) in [5, 5.41) is 4.00. The molecule has 0 aliphatic rings. The Balaban J connectivity index is 2.61. The Hall–Kier alpha value is -2.05. The molecule has 0 bridgehead atoms. The minimum absolute atomic E-state index is 0.457. The Morgan fingerprint density at radius 3 is 2.42 bits per heavy atom. The molecule has 0 aromatic heterocycles. The summed E-state index contributed by atoms with van der Waals surface area (Å²) in [6, 6.07) is 5.49. The molecule has 0 spiro atoms. The second-order valence-electron chi connectivity index (χ2n) is 4.05. The van der Waals surface area contributed by atoms with Crippen LogP contribution in [0.3, 0.4) is 0 Å². The second kappa shape index (κ2) is 5.73. The summed E-state index contributed by atoms with van der Waals surface area (Å²) >= 11 is 0. The zero-order chi connectivity index (χ0) is 14.6. The summed E-state index contributed by atoms with van der Waals surface area (Å²) in [6.07, 6.45) is -5.00. The van der Waals surface area contributed by atoms with Gasteiger partial charge in [-0.2, -0.15) is 13.2 Å². The van der Waals surface area contributed by atoms with E-state index in [2.05, 4.69) is 5.32 Å². The van der Waals surface area contributed by atoms with Crippen molar-refractivity contribution in [2.45, 2.75) is 26.1 Å². The summed E-state index contributed by atoms with van der Waals surface area (Å²) in [7, 11) is 0. The van der Waals surface area contributed by atoms with Crippen molar-refractivity contribution in [3.05, 3.63) is 29.8 Å². The van der Waals surface area contributed by atoms with Crippen LogP contribution in [0.2, 0.25) is 0 Å². The van der Waals surface area contributed by atoms with Crippen LogP contribution in [0.4, 0.5) is 18.9 Å². The first-order valence-corrected chi connectivity index (χ1v) is 5.45. The van der Waals surface area contributed by atoms with Gasteiger partial charge in [-0.3, -0.25) is 9.59 Å². The number of nitrogens with one attached hydrogen (secondary N) is 2. The van der Waals surface area contributed by atoms with Crippen LogP contribution in [0.25, 0.3) is 0 Å². The van der Waals surface area contributed by atoms with Crippen LogP contribution in [0.1, 0.15) is 12.5 Å². The van der Waals surface area contributed by atoms with E-state index in [0.717, 1.165) is 5.56 Å². The number of carbonyl (C=O) groups excluding carboxylic acids is 2. The van der Waals surface area contributed by atoms with Gasteiger partial charge in [0.05, 0.1) is 0 Å². The molecule has 19 heavy (non-hydrogen) atoms. The SMILES string of the molecule is Cc1cccc(NC(=O)[C@H](C)NC(=O)C(F)(F)F)c1. The monoisotopic (exact) mass is 274 g/mol. The zero-order valence-corrected chi connectivity index (χ0v) is 10.3. The molecule has 0 saturated carbocycles. The molecule has 2 amide bonds. The third kappa shape index (κ3) is 4.61. The number of alkyl halides is 3. The number of halogens is 3. The van der Waals surface area contributed by atoms with E-state index in [4.69, 9.17) is 0 Å². The van der Waals surface area contributed by atoms with Crippen LogP contribution in [0.15, 0.2) is 24.3 Å². The summed E-state index contributed by atoms with van der Waals surface area (Å²) in [5.41, 5.74) is 1.35. The molecule has 0 aliphatic heterocycles. The standard InChI is InChI=1S/C12H13F3N2O2/c1-7-4-3-5-9(6-7)17-10(18)8(2)16-11(19)12(13,14)15/h3-6,8H,1-2H3,(H,16,19)(H,17,18)/t8-/m0/s1. The zero-order valence-electron chi connectivity index (χ0n) is 10.3. The first kappa shape index (κ1) is 15.0. The molecule has 104 valence electrons. The lowest BCUT2D eigenvalue weighted by atomic mass is 10.2. The van der Waals surface area contributed by atoms with Gasteiger partial charge in [0.1, 0.15) is 6.04 Å². The molecule has 0 unspecified atom stereocenters. The van der Waals surface area contributed by atoms with E-state index in [9.17, 15) is 22.8 Å². The van der Waals surface area contributed by atoms with Crippen LogP contribution in [0.5, 0.6) is 0 Å². The molecule has 1 aromatic rings. The van der Waals surface area contributed by atoms with Crippen LogP contribution >= 0.6 is 0 Å². The maximum Gasteiger partial charge on any atom is 0.471 e. The number of hydrogen-bond donors (Lipinski definition) is 2. The number of carbonyl (C=O) groups is 2. The van der Waals surface area contributed by atoms with Crippen LogP contribution < -0.4 is 10.6 Å². The molecule has 1 aromatic carbocycles. The van der Waals surface area contributed by atoms with Gasteiger partial charge in [-0.25, -0.2) is 0 Å². The van der Waals surface area contributed by atoms with E-state index in [0.29, 0.717) is 5.69 Å². The molecule has 0 saturated heterocycles. The van der Waals surface area contributed by atoms with Gasteiger partial charge >= 0.3 is 12.1 Å². The van der Waals surface area contributed by atoms with Crippen molar-refractivity contribution in [1.29, 1.82) is 0 Å². The van der Waals surface area contributed by atoms with Crippen molar-refractivity contribution >= 4 is 17.5 Å². The smallest absolute Gasteiger partial charge is 0.337 e. The highest BCUT2D eigenvalue weighted by molar-refractivity contribution is 5.97. The fourth-order valence-corrected chi connectivity index (χ4v) is 1.32. The Labute approximate surface area is 108 Å². The van der Waals surface area contributed by atoms with Crippen molar-refractivity contribution < 1.29 is 22.8 Å². The fraction of sp³-hybridized carbons (Fsp3) is 0.333. The molecular formula is C12H13F3N2O2. The van der Waals surface area contributed by atoms with Gasteiger partial charge in [0, 0.05) is 5.69 Å². The first-order valence-electron chi connectivity index (χ1n) is 5.45. The van der Waals surface area contributed by atoms with E-state index in [-0.39, 0.29) is 0 Å². The first-order chi connectivity index (χ1) is 8.70. The lowest BCUT2D eigenvalue weighted by molar-refractivity contribution is -0.174. The predicted molar refractivity (Wildman–Crippen MR) is 63.5 cm³/mol. The van der Waals surface area contributed by atoms with E-state index >= 15 is 0 Å². The second-order valence-corrected chi connectivity index (χ2v) is 4.05. The third-order valence-electron chi connectivity index (χ3n) is 2.28. The third-order valence-corrected chi connectivity index (χ3v) is 2.28. The molecule has 7 heteroatoms. The topological polar surface area (TPSA) is 58.2 Å². The van der Waals surface area contributed by atoms with Gasteiger partial charge in [0.15, 0.2) is 0 Å². The molecule has 0 aliphatic carbocycles. The molecule has 1 atom stereocenters. The number of anilines is 1. The van der Waals surface area contributed by atoms with Crippen molar-refractivity contribution in [2.24, 2.45) is 0 Å². The van der Waals surface area contributed by atoms with Crippen LogP contribution in [-0.4, -0.2) is 24.0 Å². The highest BCUT2D eigenvalue weighted by Crippen LogP contribution is 2.15. The lowest BCUT2D eigenvalue weighted by Crippen LogP contribution is -2.47. The molecule has 4 nitrogen and oxygen atoms in total. The van der Waals surface area contributed by atoms with Gasteiger partial charge in [0.25, 0.3) is 0 Å². The van der Waals surface area contributed by atoms with Crippen LogP contribution in [-0.2, 0) is 9.59 Å². The normalized spacial score (nSPS) is 12.7.